The molecule has 0 amide bonds. The van der Waals surface area contributed by atoms with Crippen molar-refractivity contribution in [3.8, 4) is 5.88 Å². The summed E-state index contributed by atoms with van der Waals surface area (Å²) in [6, 6.07) is 0. The average Bonchev–Trinajstić information content (AvgIpc) is 2.95. The summed E-state index contributed by atoms with van der Waals surface area (Å²) in [6.45, 7) is 3.61. The molecule has 6 nitrogen and oxygen atoms in total. The van der Waals surface area contributed by atoms with Crippen molar-refractivity contribution in [1.29, 1.82) is 0 Å². The minimum absolute atomic E-state index is 0.175. The molecule has 102 valence electrons. The molecule has 0 radical (unpaired) electrons. The van der Waals surface area contributed by atoms with E-state index < -0.39 is 0 Å². The summed E-state index contributed by atoms with van der Waals surface area (Å²) in [7, 11) is 1.58. The van der Waals surface area contributed by atoms with Gasteiger partial charge in [-0.1, -0.05) is 0 Å². The van der Waals surface area contributed by atoms with E-state index in [1.807, 2.05) is 4.57 Å². The van der Waals surface area contributed by atoms with Gasteiger partial charge in [-0.05, 0) is 32.0 Å². The number of nitrogens with zero attached hydrogens (tertiary/aromatic N) is 3. The molecule has 1 aliphatic rings. The van der Waals surface area contributed by atoms with Crippen LogP contribution in [0.1, 0.15) is 19.8 Å². The molecule has 3 rings (SSSR count). The van der Waals surface area contributed by atoms with Gasteiger partial charge >= 0.3 is 0 Å². The second-order valence-corrected chi connectivity index (χ2v) is 5.39. The molecule has 1 fully saturated rings. The van der Waals surface area contributed by atoms with E-state index in [9.17, 15) is 0 Å². The number of methoxy groups -OCH3 is 1. The highest BCUT2D eigenvalue weighted by atomic mass is 32.1. The summed E-state index contributed by atoms with van der Waals surface area (Å²) in [5.74, 6) is 0.507. The fourth-order valence-corrected chi connectivity index (χ4v) is 2.80. The Balaban J connectivity index is 2.08. The van der Waals surface area contributed by atoms with Gasteiger partial charge in [-0.15, -0.1) is 0 Å². The molecule has 2 aromatic rings. The molecule has 0 bridgehead atoms. The number of aromatic nitrogens is 4. The van der Waals surface area contributed by atoms with Gasteiger partial charge in [-0.25, -0.2) is 4.98 Å². The summed E-state index contributed by atoms with van der Waals surface area (Å²) >= 11 is 5.37. The number of hydrogen-bond donors (Lipinski definition) is 1. The normalized spacial score (nSPS) is 23.1. The molecular formula is C12H16N4O2S. The zero-order valence-corrected chi connectivity index (χ0v) is 11.8. The average molecular weight is 280 g/mol. The standard InChI is InChI=1S/C12H16N4O2S/c1-12(4-3-5-18-12)6-16-9-8(15-11(16)19)10(17-2)14-7-13-9/h7H,3-6H2,1-2H3,(H,15,19). The monoisotopic (exact) mass is 280 g/mol. The molecule has 1 saturated heterocycles. The van der Waals surface area contributed by atoms with Gasteiger partial charge in [-0.3, -0.25) is 4.57 Å². The summed E-state index contributed by atoms with van der Waals surface area (Å²) in [6.07, 6.45) is 3.60. The lowest BCUT2D eigenvalue weighted by molar-refractivity contribution is 0.00667. The van der Waals surface area contributed by atoms with Crippen LogP contribution < -0.4 is 4.74 Å². The summed E-state index contributed by atoms with van der Waals surface area (Å²) in [5, 5.41) is 0. The molecule has 2 aromatic heterocycles. The van der Waals surface area contributed by atoms with Crippen molar-refractivity contribution in [2.75, 3.05) is 13.7 Å². The summed E-state index contributed by atoms with van der Waals surface area (Å²) in [4.78, 5) is 11.5. The van der Waals surface area contributed by atoms with Gasteiger partial charge in [0.1, 0.15) is 11.8 Å². The molecule has 1 atom stereocenters. The van der Waals surface area contributed by atoms with E-state index in [0.29, 0.717) is 17.2 Å². The van der Waals surface area contributed by atoms with E-state index in [1.165, 1.54) is 6.33 Å². The number of fused-ring (bicyclic) bond motifs is 1. The first-order valence-electron chi connectivity index (χ1n) is 6.24. The first kappa shape index (κ1) is 12.6. The quantitative estimate of drug-likeness (QED) is 0.872. The number of H-pyrrole nitrogens is 1. The van der Waals surface area contributed by atoms with E-state index in [1.54, 1.807) is 7.11 Å². The Morgan fingerprint density at radius 1 is 1.58 bits per heavy atom. The number of imidazole rings is 1. The SMILES string of the molecule is COc1ncnc2c1[nH]c(=S)n2CC1(C)CCCO1. The van der Waals surface area contributed by atoms with Crippen molar-refractivity contribution in [1.82, 2.24) is 19.5 Å². The van der Waals surface area contributed by atoms with Gasteiger partial charge < -0.3 is 14.5 Å². The molecule has 3 heterocycles. The van der Waals surface area contributed by atoms with Crippen molar-refractivity contribution >= 4 is 23.4 Å². The first-order valence-corrected chi connectivity index (χ1v) is 6.65. The number of rotatable bonds is 3. The van der Waals surface area contributed by atoms with E-state index >= 15 is 0 Å². The number of ether oxygens (including phenoxy) is 2. The highest BCUT2D eigenvalue weighted by molar-refractivity contribution is 7.71. The van der Waals surface area contributed by atoms with E-state index in [-0.39, 0.29) is 5.60 Å². The Morgan fingerprint density at radius 3 is 3.11 bits per heavy atom. The molecule has 0 saturated carbocycles. The molecule has 7 heteroatoms. The summed E-state index contributed by atoms with van der Waals surface area (Å²) < 4.78 is 13.6. The van der Waals surface area contributed by atoms with Crippen LogP contribution in [-0.2, 0) is 11.3 Å². The molecule has 0 aromatic carbocycles. The zero-order chi connectivity index (χ0) is 13.5. The lowest BCUT2D eigenvalue weighted by Crippen LogP contribution is -2.29. The van der Waals surface area contributed by atoms with Crippen molar-refractivity contribution in [2.45, 2.75) is 31.9 Å². The highest BCUT2D eigenvalue weighted by Crippen LogP contribution is 2.29. The number of hydrogen-bond acceptors (Lipinski definition) is 5. The van der Waals surface area contributed by atoms with Crippen LogP contribution in [0.5, 0.6) is 5.88 Å². The van der Waals surface area contributed by atoms with Crippen LogP contribution in [0, 0.1) is 4.77 Å². The van der Waals surface area contributed by atoms with E-state index in [4.69, 9.17) is 21.7 Å². The van der Waals surface area contributed by atoms with Crippen LogP contribution in [-0.4, -0.2) is 38.8 Å². The van der Waals surface area contributed by atoms with E-state index in [2.05, 4.69) is 21.9 Å². The molecular weight excluding hydrogens is 264 g/mol. The van der Waals surface area contributed by atoms with Gasteiger partial charge in [0.05, 0.1) is 19.3 Å². The molecule has 0 aliphatic carbocycles. The second-order valence-electron chi connectivity index (χ2n) is 5.00. The zero-order valence-electron chi connectivity index (χ0n) is 11.0. The van der Waals surface area contributed by atoms with Crippen LogP contribution in [0.25, 0.3) is 11.2 Å². The van der Waals surface area contributed by atoms with Gasteiger partial charge in [0.15, 0.2) is 10.4 Å². The Kier molecular flexibility index (Phi) is 3.02. The van der Waals surface area contributed by atoms with Crippen LogP contribution >= 0.6 is 12.2 Å². The van der Waals surface area contributed by atoms with Crippen molar-refractivity contribution in [2.24, 2.45) is 0 Å². The van der Waals surface area contributed by atoms with Gasteiger partial charge in [-0.2, -0.15) is 4.98 Å². The molecule has 1 N–H and O–H groups in total. The van der Waals surface area contributed by atoms with Crippen LogP contribution in [0.2, 0.25) is 0 Å². The predicted molar refractivity (Wildman–Crippen MR) is 72.9 cm³/mol. The van der Waals surface area contributed by atoms with Crippen molar-refractivity contribution in [3.05, 3.63) is 11.1 Å². The number of nitrogens with one attached hydrogen (secondary N) is 1. The summed E-state index contributed by atoms with van der Waals surface area (Å²) in [5.41, 5.74) is 1.32. The first-order chi connectivity index (χ1) is 9.13. The topological polar surface area (TPSA) is 65.0 Å². The second kappa shape index (κ2) is 4.57. The number of aromatic amines is 1. The Morgan fingerprint density at radius 2 is 2.42 bits per heavy atom. The largest absolute Gasteiger partial charge is 0.479 e. The molecule has 1 unspecified atom stereocenters. The van der Waals surface area contributed by atoms with Gasteiger partial charge in [0.25, 0.3) is 0 Å². The van der Waals surface area contributed by atoms with Crippen molar-refractivity contribution in [3.63, 3.8) is 0 Å². The Bertz CT molecular complexity index is 657. The predicted octanol–water partition coefficient (Wildman–Crippen LogP) is 2.07. The minimum atomic E-state index is -0.175. The third-order valence-electron chi connectivity index (χ3n) is 3.51. The minimum Gasteiger partial charge on any atom is -0.479 e. The van der Waals surface area contributed by atoms with Gasteiger partial charge in [0, 0.05) is 6.61 Å². The maximum absolute atomic E-state index is 5.82. The fraction of sp³-hybridized carbons (Fsp3) is 0.583. The fourth-order valence-electron chi connectivity index (χ4n) is 2.54. The maximum atomic E-state index is 5.82. The van der Waals surface area contributed by atoms with Crippen LogP contribution in [0.15, 0.2) is 6.33 Å². The Labute approximate surface area is 115 Å². The van der Waals surface area contributed by atoms with E-state index in [0.717, 1.165) is 30.6 Å². The lowest BCUT2D eigenvalue weighted by Gasteiger charge is -2.23. The van der Waals surface area contributed by atoms with Crippen LogP contribution in [0.3, 0.4) is 0 Å². The van der Waals surface area contributed by atoms with Crippen LogP contribution in [0.4, 0.5) is 0 Å². The third kappa shape index (κ3) is 2.12. The molecule has 0 spiro atoms. The smallest absolute Gasteiger partial charge is 0.242 e. The highest BCUT2D eigenvalue weighted by Gasteiger charge is 2.31. The molecule has 1 aliphatic heterocycles. The van der Waals surface area contributed by atoms with Gasteiger partial charge in [0.2, 0.25) is 5.88 Å². The molecule has 19 heavy (non-hydrogen) atoms. The lowest BCUT2D eigenvalue weighted by atomic mass is 10.0. The maximum Gasteiger partial charge on any atom is 0.242 e. The Hall–Kier alpha value is -1.47. The van der Waals surface area contributed by atoms with Crippen molar-refractivity contribution < 1.29 is 9.47 Å². The third-order valence-corrected chi connectivity index (χ3v) is 3.83.